The molecule has 0 aliphatic carbocycles. The fraction of sp³-hybridized carbons (Fsp3) is 0. The minimum absolute atomic E-state index is 0.0763. The Balaban J connectivity index is 2.07. The molecule has 0 aliphatic rings. The highest BCUT2D eigenvalue weighted by molar-refractivity contribution is 6.07. The predicted octanol–water partition coefficient (Wildman–Crippen LogP) is 2.46. The topological polar surface area (TPSA) is 52.0 Å². The molecule has 2 aromatic carbocycles. The van der Waals surface area contributed by atoms with Gasteiger partial charge in [0.2, 0.25) is 11.2 Å². The zero-order chi connectivity index (χ0) is 14.7. The first-order chi connectivity index (χ1) is 10.3. The van der Waals surface area contributed by atoms with Gasteiger partial charge in [-0.1, -0.05) is 48.5 Å². The number of hydrogen-bond donors (Lipinski definition) is 0. The van der Waals surface area contributed by atoms with Gasteiger partial charge in [-0.15, -0.1) is 0 Å². The lowest BCUT2D eigenvalue weighted by Crippen LogP contribution is -2.21. The second kappa shape index (κ2) is 5.54. The van der Waals surface area contributed by atoms with Gasteiger partial charge in [0.1, 0.15) is 0 Å². The summed E-state index contributed by atoms with van der Waals surface area (Å²) in [5, 5.41) is 4.17. The van der Waals surface area contributed by atoms with Gasteiger partial charge in [-0.2, -0.15) is 5.10 Å². The number of carbonyl (C=O) groups excluding carboxylic acids is 1. The van der Waals surface area contributed by atoms with Crippen molar-refractivity contribution in [2.45, 2.75) is 0 Å². The lowest BCUT2D eigenvalue weighted by molar-refractivity contribution is 0.103. The first-order valence-corrected chi connectivity index (χ1v) is 6.51. The van der Waals surface area contributed by atoms with Crippen LogP contribution in [0, 0.1) is 0 Å². The van der Waals surface area contributed by atoms with Crippen molar-refractivity contribution in [3.63, 3.8) is 0 Å². The quantitative estimate of drug-likeness (QED) is 0.690. The largest absolute Gasteiger partial charge is 0.287 e. The average Bonchev–Trinajstić information content (AvgIpc) is 2.56. The molecule has 0 unspecified atom stereocenters. The van der Waals surface area contributed by atoms with Gasteiger partial charge >= 0.3 is 0 Å². The number of rotatable bonds is 3. The Kier molecular flexibility index (Phi) is 3.43. The van der Waals surface area contributed by atoms with Crippen LogP contribution in [0.2, 0.25) is 0 Å². The van der Waals surface area contributed by atoms with Gasteiger partial charge in [-0.3, -0.25) is 9.59 Å². The maximum Gasteiger partial charge on any atom is 0.217 e. The first-order valence-electron chi connectivity index (χ1n) is 6.51. The fourth-order valence-electron chi connectivity index (χ4n) is 2.02. The number of hydrogen-bond acceptors (Lipinski definition) is 3. The maximum absolute atomic E-state index is 12.4. The molecule has 3 aromatic rings. The van der Waals surface area contributed by atoms with E-state index in [1.54, 1.807) is 30.5 Å². The molecule has 1 heterocycles. The second-order valence-corrected chi connectivity index (χ2v) is 4.50. The summed E-state index contributed by atoms with van der Waals surface area (Å²) >= 11 is 0. The van der Waals surface area contributed by atoms with E-state index in [1.165, 1.54) is 10.7 Å². The molecule has 1 aromatic heterocycles. The van der Waals surface area contributed by atoms with Crippen LogP contribution in [0.1, 0.15) is 16.1 Å². The third-order valence-corrected chi connectivity index (χ3v) is 3.08. The van der Waals surface area contributed by atoms with E-state index in [2.05, 4.69) is 5.10 Å². The smallest absolute Gasteiger partial charge is 0.217 e. The summed E-state index contributed by atoms with van der Waals surface area (Å²) in [5.41, 5.74) is 0.788. The van der Waals surface area contributed by atoms with Crippen LogP contribution in [0.4, 0.5) is 0 Å². The van der Waals surface area contributed by atoms with Gasteiger partial charge in [0.15, 0.2) is 5.69 Å². The van der Waals surface area contributed by atoms with Gasteiger partial charge in [0.25, 0.3) is 0 Å². The van der Waals surface area contributed by atoms with Gasteiger partial charge in [0, 0.05) is 17.8 Å². The molecule has 102 valence electrons. The van der Waals surface area contributed by atoms with Crippen LogP contribution in [0.5, 0.6) is 0 Å². The zero-order valence-corrected chi connectivity index (χ0v) is 11.1. The van der Waals surface area contributed by atoms with Crippen molar-refractivity contribution in [3.8, 4) is 5.69 Å². The Morgan fingerprint density at radius 2 is 1.48 bits per heavy atom. The molecule has 0 bridgehead atoms. The molecule has 0 aliphatic heterocycles. The lowest BCUT2D eigenvalue weighted by atomic mass is 10.1. The molecule has 0 saturated carbocycles. The number of para-hydroxylation sites is 1. The SMILES string of the molecule is O=C(c1ccccc1)c1nn(-c2ccccc2)ccc1=O. The van der Waals surface area contributed by atoms with Crippen LogP contribution >= 0.6 is 0 Å². The number of benzene rings is 2. The summed E-state index contributed by atoms with van der Waals surface area (Å²) in [6, 6.07) is 19.4. The summed E-state index contributed by atoms with van der Waals surface area (Å²) in [6.07, 6.45) is 1.56. The molecule has 0 atom stereocenters. The van der Waals surface area contributed by atoms with E-state index in [9.17, 15) is 9.59 Å². The number of ketones is 1. The molecule has 4 heteroatoms. The first kappa shape index (κ1) is 13.0. The van der Waals surface area contributed by atoms with Gasteiger partial charge < -0.3 is 0 Å². The van der Waals surface area contributed by atoms with Crippen LogP contribution in [-0.2, 0) is 0 Å². The van der Waals surface area contributed by atoms with Crippen molar-refractivity contribution in [2.75, 3.05) is 0 Å². The zero-order valence-electron chi connectivity index (χ0n) is 11.1. The van der Waals surface area contributed by atoms with Crippen molar-refractivity contribution in [2.24, 2.45) is 0 Å². The molecule has 0 amide bonds. The maximum atomic E-state index is 12.4. The molecule has 0 radical (unpaired) electrons. The number of carbonyl (C=O) groups is 1. The minimum atomic E-state index is -0.379. The molecule has 3 rings (SSSR count). The Hall–Kier alpha value is -3.01. The normalized spacial score (nSPS) is 10.3. The van der Waals surface area contributed by atoms with E-state index in [4.69, 9.17) is 0 Å². The molecular weight excluding hydrogens is 264 g/mol. The highest BCUT2D eigenvalue weighted by atomic mass is 16.1. The van der Waals surface area contributed by atoms with Crippen LogP contribution in [0.25, 0.3) is 5.69 Å². The van der Waals surface area contributed by atoms with Crippen molar-refractivity contribution in [1.29, 1.82) is 0 Å². The lowest BCUT2D eigenvalue weighted by Gasteiger charge is -2.06. The monoisotopic (exact) mass is 276 g/mol. The molecular formula is C17H12N2O2. The van der Waals surface area contributed by atoms with E-state index in [1.807, 2.05) is 36.4 Å². The Morgan fingerprint density at radius 3 is 2.14 bits per heavy atom. The van der Waals surface area contributed by atoms with Crippen molar-refractivity contribution < 1.29 is 4.79 Å². The van der Waals surface area contributed by atoms with Crippen molar-refractivity contribution in [3.05, 3.63) is 94.4 Å². The minimum Gasteiger partial charge on any atom is -0.287 e. The van der Waals surface area contributed by atoms with Crippen molar-refractivity contribution in [1.82, 2.24) is 9.78 Å². The van der Waals surface area contributed by atoms with Crippen LogP contribution in [0.15, 0.2) is 77.7 Å². The average molecular weight is 276 g/mol. The Bertz CT molecular complexity index is 824. The van der Waals surface area contributed by atoms with Gasteiger partial charge in [-0.05, 0) is 12.1 Å². The van der Waals surface area contributed by atoms with E-state index in [-0.39, 0.29) is 16.9 Å². The molecule has 0 spiro atoms. The van der Waals surface area contributed by atoms with Crippen LogP contribution in [0.3, 0.4) is 0 Å². The highest BCUT2D eigenvalue weighted by Crippen LogP contribution is 2.07. The summed E-state index contributed by atoms with van der Waals surface area (Å²) in [4.78, 5) is 24.3. The third-order valence-electron chi connectivity index (χ3n) is 3.08. The summed E-state index contributed by atoms with van der Waals surface area (Å²) in [5.74, 6) is -0.370. The molecule has 0 saturated heterocycles. The summed E-state index contributed by atoms with van der Waals surface area (Å²) < 4.78 is 1.53. The summed E-state index contributed by atoms with van der Waals surface area (Å²) in [6.45, 7) is 0. The van der Waals surface area contributed by atoms with E-state index in [0.29, 0.717) is 5.56 Å². The predicted molar refractivity (Wildman–Crippen MR) is 79.7 cm³/mol. The Labute approximate surface area is 121 Å². The number of aromatic nitrogens is 2. The van der Waals surface area contributed by atoms with Crippen LogP contribution < -0.4 is 5.43 Å². The molecule has 21 heavy (non-hydrogen) atoms. The van der Waals surface area contributed by atoms with E-state index >= 15 is 0 Å². The number of nitrogens with zero attached hydrogens (tertiary/aromatic N) is 2. The Morgan fingerprint density at radius 1 is 0.857 bits per heavy atom. The van der Waals surface area contributed by atoms with Gasteiger partial charge in [-0.25, -0.2) is 4.68 Å². The standard InChI is InChI=1S/C17H12N2O2/c20-15-11-12-19(14-9-5-2-6-10-14)18-16(15)17(21)13-7-3-1-4-8-13/h1-12H. The fourth-order valence-corrected chi connectivity index (χ4v) is 2.02. The second-order valence-electron chi connectivity index (χ2n) is 4.50. The summed E-state index contributed by atoms with van der Waals surface area (Å²) in [7, 11) is 0. The van der Waals surface area contributed by atoms with Gasteiger partial charge in [0.05, 0.1) is 5.69 Å². The van der Waals surface area contributed by atoms with Crippen LogP contribution in [-0.4, -0.2) is 15.6 Å². The molecule has 0 N–H and O–H groups in total. The molecule has 4 nitrogen and oxygen atoms in total. The molecule has 0 fully saturated rings. The van der Waals surface area contributed by atoms with E-state index in [0.717, 1.165) is 5.69 Å². The third kappa shape index (κ3) is 2.65. The highest BCUT2D eigenvalue weighted by Gasteiger charge is 2.15. The van der Waals surface area contributed by atoms with E-state index < -0.39 is 0 Å². The van der Waals surface area contributed by atoms with Crippen molar-refractivity contribution >= 4 is 5.78 Å².